The van der Waals surface area contributed by atoms with E-state index in [9.17, 15) is 29.6 Å². The Labute approximate surface area is 209 Å². The second-order valence-corrected chi connectivity index (χ2v) is 8.12. The first-order valence-corrected chi connectivity index (χ1v) is 11.6. The van der Waals surface area contributed by atoms with Crippen molar-refractivity contribution in [3.05, 3.63) is 46.0 Å². The highest BCUT2D eigenvalue weighted by atomic mass is 16.7. The Bertz CT molecular complexity index is 898. The third-order valence-corrected chi connectivity index (χ3v) is 5.25. The molecule has 0 saturated carbocycles. The van der Waals surface area contributed by atoms with E-state index in [1.54, 1.807) is 6.92 Å². The lowest BCUT2D eigenvalue weighted by Gasteiger charge is -2.26. The molecule has 0 bridgehead atoms. The summed E-state index contributed by atoms with van der Waals surface area (Å²) in [7, 11) is 0. The number of nitrogens with two attached hydrogens (primary N) is 2. The average Bonchev–Trinajstić information content (AvgIpc) is 2.84. The summed E-state index contributed by atoms with van der Waals surface area (Å²) < 4.78 is 0. The van der Waals surface area contributed by atoms with Crippen LogP contribution in [-0.2, 0) is 20.8 Å². The van der Waals surface area contributed by atoms with E-state index in [0.717, 1.165) is 5.56 Å². The Hall–Kier alpha value is -3.78. The predicted molar refractivity (Wildman–Crippen MR) is 133 cm³/mol. The van der Waals surface area contributed by atoms with Crippen molar-refractivity contribution in [2.24, 2.45) is 16.6 Å². The van der Waals surface area contributed by atoms with E-state index in [4.69, 9.17) is 11.5 Å². The molecular weight excluding hydrogens is 472 g/mol. The topological polar surface area (TPSA) is 227 Å². The third-order valence-electron chi connectivity index (χ3n) is 5.25. The Balaban J connectivity index is 2.75. The number of nitrogens with one attached hydrogen (secondary N) is 4. The quantitative estimate of drug-likeness (QED) is 0.0470. The van der Waals surface area contributed by atoms with Crippen LogP contribution in [0.25, 0.3) is 0 Å². The fourth-order valence-electron chi connectivity index (χ4n) is 3.11. The SMILES string of the molecule is CCC(N)C(=O)NC(C)C(=O)NC(CCCN/C(N)=N/[N+](=O)[O-])C(O)C(=O)NCCc1ccccc1. The zero-order chi connectivity index (χ0) is 27.1. The summed E-state index contributed by atoms with van der Waals surface area (Å²) in [6.45, 7) is 3.59. The Morgan fingerprint density at radius 1 is 1.08 bits per heavy atom. The lowest BCUT2D eigenvalue weighted by Crippen LogP contribution is -2.56. The van der Waals surface area contributed by atoms with Crippen LogP contribution in [0.4, 0.5) is 0 Å². The molecule has 3 amide bonds. The van der Waals surface area contributed by atoms with Gasteiger partial charge in [-0.3, -0.25) is 14.4 Å². The maximum Gasteiger partial charge on any atom is 0.266 e. The molecule has 1 aromatic carbocycles. The van der Waals surface area contributed by atoms with E-state index in [1.807, 2.05) is 30.3 Å². The van der Waals surface area contributed by atoms with Crippen LogP contribution in [0.5, 0.6) is 0 Å². The van der Waals surface area contributed by atoms with Crippen LogP contribution in [0.3, 0.4) is 0 Å². The first kappa shape index (κ1) is 30.3. The molecule has 9 N–H and O–H groups in total. The normalized spacial score (nSPS) is 14.6. The fourth-order valence-corrected chi connectivity index (χ4v) is 3.11. The summed E-state index contributed by atoms with van der Waals surface area (Å²) >= 11 is 0. The van der Waals surface area contributed by atoms with Gasteiger partial charge in [-0.1, -0.05) is 37.3 Å². The van der Waals surface area contributed by atoms with Crippen LogP contribution in [0.2, 0.25) is 0 Å². The summed E-state index contributed by atoms with van der Waals surface area (Å²) in [6.07, 6.45) is -0.256. The number of amides is 3. The molecule has 200 valence electrons. The van der Waals surface area contributed by atoms with Crippen molar-refractivity contribution in [2.75, 3.05) is 13.1 Å². The standard InChI is InChI=1S/C22H36N8O6/c1-3-16(23)20(33)27-14(2)19(32)28-17(10-7-12-26-22(24)29-30(35)36)18(31)21(34)25-13-11-15-8-5-4-6-9-15/h4-6,8-9,14,16-18,31H,3,7,10-13,23H2,1-2H3,(H,25,34)(H,27,33)(H,28,32)(H3,24,26,29). The van der Waals surface area contributed by atoms with Gasteiger partial charge in [0.15, 0.2) is 11.1 Å². The number of benzene rings is 1. The Morgan fingerprint density at radius 3 is 2.36 bits per heavy atom. The lowest BCUT2D eigenvalue weighted by molar-refractivity contribution is -0.485. The number of nitro groups is 1. The van der Waals surface area contributed by atoms with E-state index in [0.29, 0.717) is 12.8 Å². The lowest BCUT2D eigenvalue weighted by atomic mass is 10.0. The van der Waals surface area contributed by atoms with Gasteiger partial charge in [-0.05, 0) is 38.2 Å². The van der Waals surface area contributed by atoms with Gasteiger partial charge in [-0.2, -0.15) is 0 Å². The van der Waals surface area contributed by atoms with Gasteiger partial charge in [0.25, 0.3) is 11.9 Å². The van der Waals surface area contributed by atoms with Gasteiger partial charge in [-0.15, -0.1) is 0 Å². The number of aliphatic hydroxyl groups excluding tert-OH is 1. The van der Waals surface area contributed by atoms with Crippen molar-refractivity contribution in [1.82, 2.24) is 21.3 Å². The highest BCUT2D eigenvalue weighted by molar-refractivity contribution is 5.90. The van der Waals surface area contributed by atoms with Crippen molar-refractivity contribution >= 4 is 23.7 Å². The van der Waals surface area contributed by atoms with Crippen LogP contribution in [0.1, 0.15) is 38.7 Å². The monoisotopic (exact) mass is 508 g/mol. The molecule has 0 aliphatic rings. The van der Waals surface area contributed by atoms with Crippen molar-refractivity contribution in [1.29, 1.82) is 0 Å². The smallest absolute Gasteiger partial charge is 0.266 e. The van der Waals surface area contributed by atoms with E-state index in [1.165, 1.54) is 6.92 Å². The molecule has 0 saturated heterocycles. The number of aliphatic hydroxyl groups is 1. The average molecular weight is 509 g/mol. The van der Waals surface area contributed by atoms with Crippen LogP contribution in [-0.4, -0.2) is 71.1 Å². The van der Waals surface area contributed by atoms with Crippen molar-refractivity contribution in [3.8, 4) is 0 Å². The summed E-state index contributed by atoms with van der Waals surface area (Å²) in [5, 5.41) is 33.2. The number of hydrogen-bond donors (Lipinski definition) is 7. The van der Waals surface area contributed by atoms with Gasteiger partial charge in [0, 0.05) is 13.1 Å². The Morgan fingerprint density at radius 2 is 1.75 bits per heavy atom. The number of hydrogen-bond acceptors (Lipinski definition) is 7. The van der Waals surface area contributed by atoms with Gasteiger partial charge >= 0.3 is 0 Å². The van der Waals surface area contributed by atoms with Crippen LogP contribution in [0.15, 0.2) is 35.4 Å². The van der Waals surface area contributed by atoms with Gasteiger partial charge in [0.2, 0.25) is 11.8 Å². The number of nitrogens with zero attached hydrogens (tertiary/aromatic N) is 2. The second kappa shape index (κ2) is 16.0. The van der Waals surface area contributed by atoms with Gasteiger partial charge in [-0.25, -0.2) is 10.1 Å². The first-order chi connectivity index (χ1) is 17.0. The van der Waals surface area contributed by atoms with Crippen molar-refractivity contribution in [3.63, 3.8) is 0 Å². The summed E-state index contributed by atoms with van der Waals surface area (Å²) in [5.74, 6) is -2.19. The molecule has 0 fully saturated rings. The number of carbonyl (C=O) groups is 3. The molecule has 36 heavy (non-hydrogen) atoms. The number of rotatable bonds is 15. The van der Waals surface area contributed by atoms with E-state index >= 15 is 0 Å². The molecule has 0 radical (unpaired) electrons. The molecule has 0 aliphatic heterocycles. The first-order valence-electron chi connectivity index (χ1n) is 11.6. The molecule has 0 aromatic heterocycles. The zero-order valence-electron chi connectivity index (χ0n) is 20.5. The molecule has 0 heterocycles. The van der Waals surface area contributed by atoms with Crippen molar-refractivity contribution < 1.29 is 24.5 Å². The van der Waals surface area contributed by atoms with E-state index in [-0.39, 0.29) is 25.9 Å². The van der Waals surface area contributed by atoms with Crippen LogP contribution >= 0.6 is 0 Å². The van der Waals surface area contributed by atoms with Gasteiger partial charge in [0.1, 0.15) is 11.1 Å². The number of carbonyl (C=O) groups excluding carboxylic acids is 3. The Kier molecular flexibility index (Phi) is 13.4. The molecule has 1 aromatic rings. The highest BCUT2D eigenvalue weighted by Crippen LogP contribution is 2.05. The minimum Gasteiger partial charge on any atom is -0.381 e. The molecule has 14 heteroatoms. The van der Waals surface area contributed by atoms with Gasteiger partial charge < -0.3 is 37.8 Å². The second-order valence-electron chi connectivity index (χ2n) is 8.12. The number of guanidine groups is 1. The largest absolute Gasteiger partial charge is 0.381 e. The molecular formula is C22H36N8O6. The number of hydrazone groups is 1. The molecule has 0 spiro atoms. The minimum absolute atomic E-state index is 0.118. The van der Waals surface area contributed by atoms with Crippen LogP contribution < -0.4 is 32.7 Å². The molecule has 1 rings (SSSR count). The predicted octanol–water partition coefficient (Wildman–Crippen LogP) is -1.69. The molecule has 4 unspecified atom stereocenters. The summed E-state index contributed by atoms with van der Waals surface area (Å²) in [6, 6.07) is 6.71. The maximum atomic E-state index is 12.6. The molecule has 4 atom stereocenters. The van der Waals surface area contributed by atoms with Crippen LogP contribution in [0, 0.1) is 10.1 Å². The third kappa shape index (κ3) is 11.6. The van der Waals surface area contributed by atoms with E-state index in [2.05, 4.69) is 26.4 Å². The van der Waals surface area contributed by atoms with Gasteiger partial charge in [0.05, 0.1) is 12.1 Å². The fraction of sp³-hybridized carbons (Fsp3) is 0.545. The molecule has 0 aliphatic carbocycles. The maximum absolute atomic E-state index is 12.6. The van der Waals surface area contributed by atoms with Crippen molar-refractivity contribution in [2.45, 2.75) is 63.8 Å². The summed E-state index contributed by atoms with van der Waals surface area (Å²) in [5.41, 5.74) is 12.0. The molecule has 14 nitrogen and oxygen atoms in total. The highest BCUT2D eigenvalue weighted by Gasteiger charge is 2.29. The van der Waals surface area contributed by atoms with E-state index < -0.39 is 52.9 Å². The zero-order valence-corrected chi connectivity index (χ0v) is 20.5. The summed E-state index contributed by atoms with van der Waals surface area (Å²) in [4.78, 5) is 47.6. The minimum atomic E-state index is -1.59.